The smallest absolute Gasteiger partial charge is 0.262 e. The highest BCUT2D eigenvalue weighted by molar-refractivity contribution is 9.10. The number of nitrogens with one attached hydrogen (secondary N) is 1. The minimum atomic E-state index is -0.253. The average Bonchev–Trinajstić information content (AvgIpc) is 2.88. The Bertz CT molecular complexity index is 1150. The number of morpholine rings is 1. The van der Waals surface area contributed by atoms with Crippen LogP contribution >= 0.6 is 15.9 Å². The van der Waals surface area contributed by atoms with Gasteiger partial charge in [0, 0.05) is 30.7 Å². The first kappa shape index (κ1) is 24.8. The number of para-hydroxylation sites is 1. The standard InChI is InChI=1S/C27H28BrN3O4/c1-2-34-25-17-20(18-29-21-8-10-23(11-9-21)31-12-14-33-15-13-31)16-24(28)27(25)35-19-26(32)30-22-6-4-3-5-7-22/h3-11,16-18H,2,12-15,19H2,1H3,(H,30,32). The van der Waals surface area contributed by atoms with Crippen LogP contribution in [0.5, 0.6) is 11.5 Å². The Balaban J connectivity index is 1.42. The summed E-state index contributed by atoms with van der Waals surface area (Å²) in [6.07, 6.45) is 1.78. The summed E-state index contributed by atoms with van der Waals surface area (Å²) in [5.74, 6) is 0.761. The van der Waals surface area contributed by atoms with E-state index in [-0.39, 0.29) is 12.5 Å². The lowest BCUT2D eigenvalue weighted by atomic mass is 10.2. The fourth-order valence-corrected chi connectivity index (χ4v) is 4.22. The molecular formula is C27H28BrN3O4. The molecule has 1 fully saturated rings. The average molecular weight is 538 g/mol. The minimum Gasteiger partial charge on any atom is -0.490 e. The van der Waals surface area contributed by atoms with Crippen LogP contribution in [-0.4, -0.2) is 51.6 Å². The molecule has 35 heavy (non-hydrogen) atoms. The molecule has 1 N–H and O–H groups in total. The maximum absolute atomic E-state index is 12.3. The number of rotatable bonds is 9. The number of carbonyl (C=O) groups excluding carboxylic acids is 1. The molecule has 0 aliphatic carbocycles. The lowest BCUT2D eigenvalue weighted by molar-refractivity contribution is -0.118. The van der Waals surface area contributed by atoms with Crippen molar-refractivity contribution in [2.24, 2.45) is 4.99 Å². The van der Waals surface area contributed by atoms with Crippen LogP contribution in [0.25, 0.3) is 0 Å². The van der Waals surface area contributed by atoms with Crippen molar-refractivity contribution in [3.63, 3.8) is 0 Å². The third-order valence-electron chi connectivity index (χ3n) is 5.33. The van der Waals surface area contributed by atoms with Crippen LogP contribution < -0.4 is 19.7 Å². The Morgan fingerprint density at radius 3 is 2.54 bits per heavy atom. The van der Waals surface area contributed by atoms with Crippen molar-refractivity contribution < 1.29 is 19.0 Å². The van der Waals surface area contributed by atoms with Crippen LogP contribution in [0.1, 0.15) is 12.5 Å². The van der Waals surface area contributed by atoms with Crippen LogP contribution in [0.4, 0.5) is 17.1 Å². The summed E-state index contributed by atoms with van der Waals surface area (Å²) < 4.78 is 17.7. The van der Waals surface area contributed by atoms with Gasteiger partial charge >= 0.3 is 0 Å². The molecular weight excluding hydrogens is 510 g/mol. The second kappa shape index (κ2) is 12.4. The zero-order chi connectivity index (χ0) is 24.5. The van der Waals surface area contributed by atoms with Crippen molar-refractivity contribution in [2.45, 2.75) is 6.92 Å². The van der Waals surface area contributed by atoms with Gasteiger partial charge in [0.25, 0.3) is 5.91 Å². The normalized spacial score (nSPS) is 13.6. The molecule has 0 bridgehead atoms. The van der Waals surface area contributed by atoms with Crippen LogP contribution in [0.2, 0.25) is 0 Å². The molecule has 1 aliphatic rings. The van der Waals surface area contributed by atoms with E-state index < -0.39 is 0 Å². The number of ether oxygens (including phenoxy) is 3. The molecule has 0 saturated carbocycles. The summed E-state index contributed by atoms with van der Waals surface area (Å²) >= 11 is 3.55. The van der Waals surface area contributed by atoms with E-state index in [1.165, 1.54) is 5.69 Å². The third-order valence-corrected chi connectivity index (χ3v) is 5.91. The maximum Gasteiger partial charge on any atom is 0.262 e. The molecule has 7 nitrogen and oxygen atoms in total. The summed E-state index contributed by atoms with van der Waals surface area (Å²) in [5, 5.41) is 2.81. The van der Waals surface area contributed by atoms with Gasteiger partial charge in [-0.1, -0.05) is 18.2 Å². The van der Waals surface area contributed by atoms with Crippen LogP contribution in [0.3, 0.4) is 0 Å². The molecule has 0 radical (unpaired) electrons. The van der Waals surface area contributed by atoms with Gasteiger partial charge in [0.1, 0.15) is 0 Å². The van der Waals surface area contributed by atoms with Crippen molar-refractivity contribution in [1.82, 2.24) is 0 Å². The van der Waals surface area contributed by atoms with E-state index in [1.807, 2.05) is 61.5 Å². The molecule has 1 saturated heterocycles. The van der Waals surface area contributed by atoms with Crippen molar-refractivity contribution in [2.75, 3.05) is 49.7 Å². The fourth-order valence-electron chi connectivity index (χ4n) is 3.64. The Hall–Kier alpha value is -3.36. The van der Waals surface area contributed by atoms with Gasteiger partial charge in [-0.3, -0.25) is 9.79 Å². The van der Waals surface area contributed by atoms with Crippen molar-refractivity contribution in [1.29, 1.82) is 0 Å². The van der Waals surface area contributed by atoms with Crippen LogP contribution in [0.15, 0.2) is 76.2 Å². The van der Waals surface area contributed by atoms with E-state index in [2.05, 4.69) is 43.3 Å². The van der Waals surface area contributed by atoms with Gasteiger partial charge in [0.2, 0.25) is 0 Å². The Kier molecular flexibility index (Phi) is 8.75. The molecule has 0 unspecified atom stereocenters. The number of benzene rings is 3. The van der Waals surface area contributed by atoms with Gasteiger partial charge in [0.15, 0.2) is 18.1 Å². The second-order valence-electron chi connectivity index (χ2n) is 7.84. The largest absolute Gasteiger partial charge is 0.490 e. The predicted molar refractivity (Wildman–Crippen MR) is 143 cm³/mol. The molecule has 1 heterocycles. The first-order valence-corrected chi connectivity index (χ1v) is 12.3. The zero-order valence-corrected chi connectivity index (χ0v) is 21.2. The minimum absolute atomic E-state index is 0.142. The van der Waals surface area contributed by atoms with Gasteiger partial charge in [-0.05, 0) is 76.9 Å². The predicted octanol–water partition coefficient (Wildman–Crippen LogP) is 5.45. The molecule has 0 atom stereocenters. The molecule has 1 aliphatic heterocycles. The SMILES string of the molecule is CCOc1cc(C=Nc2ccc(N3CCOCC3)cc2)cc(Br)c1OCC(=O)Nc1ccccc1. The van der Waals surface area contributed by atoms with Gasteiger partial charge in [-0.25, -0.2) is 0 Å². The van der Waals surface area contributed by atoms with E-state index in [0.717, 1.165) is 43.2 Å². The number of halogens is 1. The third kappa shape index (κ3) is 7.07. The Labute approximate surface area is 213 Å². The molecule has 0 aromatic heterocycles. The number of anilines is 2. The quantitative estimate of drug-likeness (QED) is 0.367. The molecule has 0 spiro atoms. The monoisotopic (exact) mass is 537 g/mol. The lowest BCUT2D eigenvalue weighted by Gasteiger charge is -2.28. The van der Waals surface area contributed by atoms with E-state index in [0.29, 0.717) is 22.6 Å². The topological polar surface area (TPSA) is 72.4 Å². The van der Waals surface area contributed by atoms with Gasteiger partial charge < -0.3 is 24.4 Å². The van der Waals surface area contributed by atoms with Crippen molar-refractivity contribution in [3.8, 4) is 11.5 Å². The van der Waals surface area contributed by atoms with Gasteiger partial charge in [-0.15, -0.1) is 0 Å². The number of carbonyl (C=O) groups is 1. The Morgan fingerprint density at radius 2 is 1.83 bits per heavy atom. The molecule has 1 amide bonds. The van der Waals surface area contributed by atoms with Crippen LogP contribution in [0, 0.1) is 0 Å². The number of amides is 1. The van der Waals surface area contributed by atoms with Crippen LogP contribution in [-0.2, 0) is 9.53 Å². The van der Waals surface area contributed by atoms with E-state index in [9.17, 15) is 4.79 Å². The number of hydrogen-bond donors (Lipinski definition) is 1. The molecule has 4 rings (SSSR count). The highest BCUT2D eigenvalue weighted by atomic mass is 79.9. The first-order chi connectivity index (χ1) is 17.1. The number of nitrogens with zero attached hydrogens (tertiary/aromatic N) is 2. The van der Waals surface area contributed by atoms with E-state index >= 15 is 0 Å². The van der Waals surface area contributed by atoms with Crippen molar-refractivity contribution >= 4 is 45.1 Å². The number of hydrogen-bond acceptors (Lipinski definition) is 6. The second-order valence-corrected chi connectivity index (χ2v) is 8.69. The molecule has 3 aromatic carbocycles. The lowest BCUT2D eigenvalue weighted by Crippen LogP contribution is -2.36. The highest BCUT2D eigenvalue weighted by Gasteiger charge is 2.14. The first-order valence-electron chi connectivity index (χ1n) is 11.5. The van der Waals surface area contributed by atoms with E-state index in [1.54, 1.807) is 6.21 Å². The highest BCUT2D eigenvalue weighted by Crippen LogP contribution is 2.37. The summed E-state index contributed by atoms with van der Waals surface area (Å²) in [6.45, 7) is 5.54. The number of aliphatic imine (C=N–C) groups is 1. The Morgan fingerprint density at radius 1 is 1.09 bits per heavy atom. The summed E-state index contributed by atoms with van der Waals surface area (Å²) in [7, 11) is 0. The van der Waals surface area contributed by atoms with Gasteiger partial charge in [-0.2, -0.15) is 0 Å². The molecule has 182 valence electrons. The maximum atomic E-state index is 12.3. The summed E-state index contributed by atoms with van der Waals surface area (Å²) in [6, 6.07) is 21.2. The molecule has 3 aromatic rings. The van der Waals surface area contributed by atoms with E-state index in [4.69, 9.17) is 14.2 Å². The fraction of sp³-hybridized carbons (Fsp3) is 0.259. The summed E-state index contributed by atoms with van der Waals surface area (Å²) in [4.78, 5) is 19.2. The summed E-state index contributed by atoms with van der Waals surface area (Å²) in [5.41, 5.74) is 3.59. The zero-order valence-electron chi connectivity index (χ0n) is 19.6. The van der Waals surface area contributed by atoms with Gasteiger partial charge in [0.05, 0.1) is 30.0 Å². The molecule has 8 heteroatoms. The van der Waals surface area contributed by atoms with Crippen molar-refractivity contribution in [3.05, 3.63) is 76.8 Å².